The molecule has 5 heterocycles. The number of terminal acetylenes is 1. The van der Waals surface area contributed by atoms with E-state index < -0.39 is 54.0 Å². The fourth-order valence-electron chi connectivity index (χ4n) is 7.25. The highest BCUT2D eigenvalue weighted by molar-refractivity contribution is 6.02. The van der Waals surface area contributed by atoms with Crippen LogP contribution < -0.4 is 9.64 Å². The first-order chi connectivity index (χ1) is 22.1. The van der Waals surface area contributed by atoms with Gasteiger partial charge in [-0.1, -0.05) is 30.2 Å². The van der Waals surface area contributed by atoms with E-state index in [0.29, 0.717) is 30.2 Å². The summed E-state index contributed by atoms with van der Waals surface area (Å²) in [6.45, 7) is -1.09. The second-order valence-electron chi connectivity index (χ2n) is 11.9. The van der Waals surface area contributed by atoms with E-state index >= 15 is 4.39 Å². The summed E-state index contributed by atoms with van der Waals surface area (Å²) in [5, 5.41) is 1.03. The number of rotatable bonds is 5. The van der Waals surface area contributed by atoms with Crippen molar-refractivity contribution in [3.63, 3.8) is 0 Å². The molecule has 2 aromatic heterocycles. The molecule has 4 fully saturated rings. The van der Waals surface area contributed by atoms with Gasteiger partial charge in [0.1, 0.15) is 41.7 Å². The molecule has 0 radical (unpaired) electrons. The topological polar surface area (TPSA) is 63.6 Å². The second-order valence-corrected chi connectivity index (χ2v) is 11.9. The third-order valence-electron chi connectivity index (χ3n) is 9.42. The van der Waals surface area contributed by atoms with Gasteiger partial charge in [-0.2, -0.15) is 9.97 Å². The number of halogens is 4. The van der Waals surface area contributed by atoms with Gasteiger partial charge >= 0.3 is 6.01 Å². The van der Waals surface area contributed by atoms with E-state index in [1.165, 1.54) is 12.3 Å². The molecule has 4 aromatic rings. The SMILES string of the molecule is [2H]C([2H])(Oc1nc(N2CCOC[C@H]3[C@H](F)[C@H]32)c2cnc(-c3cccc4ccc(F)c(C#C)c34)c(F)c2n1)[C@@]12CCCN1C[C@H](F)C2. The number of alkyl halides is 2. The minimum atomic E-state index is -2.44. The fourth-order valence-corrected chi connectivity index (χ4v) is 7.25. The largest absolute Gasteiger partial charge is 0.461 e. The summed E-state index contributed by atoms with van der Waals surface area (Å²) in [6, 6.07) is 6.71. The smallest absolute Gasteiger partial charge is 0.319 e. The highest BCUT2D eigenvalue weighted by Gasteiger charge is 2.56. The molecule has 44 heavy (non-hydrogen) atoms. The lowest BCUT2D eigenvalue weighted by Gasteiger charge is -2.31. The zero-order valence-electron chi connectivity index (χ0n) is 25.6. The Hall–Kier alpha value is -4.01. The normalized spacial score (nSPS) is 29.1. The molecule has 2 aromatic carbocycles. The third-order valence-corrected chi connectivity index (χ3v) is 9.42. The molecule has 226 valence electrons. The van der Waals surface area contributed by atoms with Crippen molar-refractivity contribution in [3.8, 4) is 29.6 Å². The van der Waals surface area contributed by atoms with Gasteiger partial charge in [0.15, 0.2) is 5.82 Å². The van der Waals surface area contributed by atoms with Crippen LogP contribution in [0.15, 0.2) is 36.5 Å². The molecular formula is C33H29F4N5O2. The van der Waals surface area contributed by atoms with Crippen molar-refractivity contribution in [1.82, 2.24) is 19.9 Å². The number of nitrogens with zero attached hydrogens (tertiary/aromatic N) is 5. The number of aromatic nitrogens is 3. The van der Waals surface area contributed by atoms with Crippen LogP contribution in [0.2, 0.25) is 0 Å². The third kappa shape index (κ3) is 4.22. The van der Waals surface area contributed by atoms with E-state index in [-0.39, 0.29) is 66.3 Å². The number of anilines is 1. The maximum absolute atomic E-state index is 16.8. The van der Waals surface area contributed by atoms with Crippen LogP contribution in [0.4, 0.5) is 23.4 Å². The molecule has 7 nitrogen and oxygen atoms in total. The Kier molecular flexibility index (Phi) is 5.92. The summed E-state index contributed by atoms with van der Waals surface area (Å²) < 4.78 is 90.6. The monoisotopic (exact) mass is 605 g/mol. The highest BCUT2D eigenvalue weighted by Crippen LogP contribution is 2.45. The Morgan fingerprint density at radius 1 is 1.18 bits per heavy atom. The Morgan fingerprint density at radius 2 is 2.07 bits per heavy atom. The van der Waals surface area contributed by atoms with Crippen LogP contribution in [0.25, 0.3) is 32.9 Å². The minimum Gasteiger partial charge on any atom is -0.461 e. The Bertz CT molecular complexity index is 1940. The van der Waals surface area contributed by atoms with Gasteiger partial charge in [0, 0.05) is 42.6 Å². The van der Waals surface area contributed by atoms with Gasteiger partial charge in [-0.3, -0.25) is 9.88 Å². The van der Waals surface area contributed by atoms with Gasteiger partial charge < -0.3 is 14.4 Å². The van der Waals surface area contributed by atoms with Crippen molar-refractivity contribution < 1.29 is 29.8 Å². The van der Waals surface area contributed by atoms with Crippen LogP contribution in [-0.4, -0.2) is 83.2 Å². The van der Waals surface area contributed by atoms with E-state index in [4.69, 9.17) is 18.6 Å². The summed E-state index contributed by atoms with van der Waals surface area (Å²) in [5.74, 6) is 0.544. The van der Waals surface area contributed by atoms with Crippen molar-refractivity contribution in [2.45, 2.75) is 43.2 Å². The molecule has 1 saturated carbocycles. The standard InChI is InChI=1S/C33H29F4N5O2/c1-2-20-24(35)8-7-18-5-3-6-21(25(18)20)28-27(37)29-22(14-38-28)31(42-11-12-43-16-23-26(36)30(23)42)40-32(39-29)44-17-33-9-4-10-41(33)15-19(34)13-33/h1,3,5-8,14,19,23,26,30H,4,9-13,15-17H2/t19-,23+,26+,30+,33+/m1/s1/i17D2. The summed E-state index contributed by atoms with van der Waals surface area (Å²) in [5.41, 5.74) is -1.46. The number of ether oxygens (including phenoxy) is 2. The molecule has 8 rings (SSSR count). The first-order valence-electron chi connectivity index (χ1n) is 15.7. The number of hydrogen-bond donors (Lipinski definition) is 0. The first-order valence-corrected chi connectivity index (χ1v) is 14.7. The van der Waals surface area contributed by atoms with E-state index in [1.54, 1.807) is 34.1 Å². The maximum atomic E-state index is 16.8. The summed E-state index contributed by atoms with van der Waals surface area (Å²) >= 11 is 0. The lowest BCUT2D eigenvalue weighted by Crippen LogP contribution is -2.43. The van der Waals surface area contributed by atoms with Crippen molar-refractivity contribution in [2.75, 3.05) is 44.3 Å². The predicted octanol–water partition coefficient (Wildman–Crippen LogP) is 5.23. The van der Waals surface area contributed by atoms with Gasteiger partial charge in [-0.05, 0) is 30.8 Å². The number of fused-ring (bicyclic) bond motifs is 4. The van der Waals surface area contributed by atoms with Crippen LogP contribution in [0.5, 0.6) is 6.01 Å². The van der Waals surface area contributed by atoms with E-state index in [2.05, 4.69) is 20.9 Å². The van der Waals surface area contributed by atoms with Crippen LogP contribution in [-0.2, 0) is 4.74 Å². The van der Waals surface area contributed by atoms with E-state index in [0.717, 1.165) is 0 Å². The van der Waals surface area contributed by atoms with Crippen LogP contribution >= 0.6 is 0 Å². The van der Waals surface area contributed by atoms with Crippen LogP contribution in [0.3, 0.4) is 0 Å². The zero-order chi connectivity index (χ0) is 32.0. The highest BCUT2D eigenvalue weighted by atomic mass is 19.1. The predicted molar refractivity (Wildman–Crippen MR) is 157 cm³/mol. The molecule has 0 unspecified atom stereocenters. The van der Waals surface area contributed by atoms with Crippen LogP contribution in [0, 0.1) is 29.9 Å². The molecule has 1 aliphatic carbocycles. The van der Waals surface area contributed by atoms with Crippen molar-refractivity contribution in [2.24, 2.45) is 5.92 Å². The molecule has 5 atom stereocenters. The summed E-state index contributed by atoms with van der Waals surface area (Å²) in [4.78, 5) is 16.8. The van der Waals surface area contributed by atoms with Gasteiger partial charge in [-0.15, -0.1) is 6.42 Å². The molecule has 3 saturated heterocycles. The van der Waals surface area contributed by atoms with Crippen LogP contribution in [0.1, 0.15) is 27.6 Å². The van der Waals surface area contributed by atoms with Crippen molar-refractivity contribution in [3.05, 3.63) is 53.7 Å². The molecule has 11 heteroatoms. The summed E-state index contributed by atoms with van der Waals surface area (Å²) in [7, 11) is 0. The first kappa shape index (κ1) is 25.3. The molecule has 0 amide bonds. The van der Waals surface area contributed by atoms with Gasteiger partial charge in [-0.25, -0.2) is 17.6 Å². The Morgan fingerprint density at radius 3 is 2.93 bits per heavy atom. The van der Waals surface area contributed by atoms with Gasteiger partial charge in [0.25, 0.3) is 0 Å². The van der Waals surface area contributed by atoms with Gasteiger partial charge in [0.05, 0.1) is 38.5 Å². The zero-order valence-corrected chi connectivity index (χ0v) is 23.6. The number of hydrogen-bond acceptors (Lipinski definition) is 7. The Labute approximate surface area is 254 Å². The number of benzene rings is 2. The van der Waals surface area contributed by atoms with Gasteiger partial charge in [0.2, 0.25) is 0 Å². The quantitative estimate of drug-likeness (QED) is 0.228. The lowest BCUT2D eigenvalue weighted by atomic mass is 9.95. The number of pyridine rings is 1. The summed E-state index contributed by atoms with van der Waals surface area (Å²) in [6.07, 6.45) is 5.59. The Balaban J connectivity index is 1.31. The molecule has 0 N–H and O–H groups in total. The van der Waals surface area contributed by atoms with Crippen molar-refractivity contribution >= 4 is 27.5 Å². The lowest BCUT2D eigenvalue weighted by molar-refractivity contribution is 0.107. The molecule has 0 spiro atoms. The second kappa shape index (κ2) is 10.3. The minimum absolute atomic E-state index is 0.0450. The van der Waals surface area contributed by atoms with E-state index in [9.17, 15) is 13.2 Å². The maximum Gasteiger partial charge on any atom is 0.319 e. The molecule has 0 bridgehead atoms. The average Bonchev–Trinajstić information content (AvgIpc) is 3.39. The molecule has 4 aliphatic rings. The fraction of sp³-hybridized carbons (Fsp3) is 0.424. The van der Waals surface area contributed by atoms with E-state index in [1.807, 2.05) is 0 Å². The molecule has 3 aliphatic heterocycles. The van der Waals surface area contributed by atoms with Crippen molar-refractivity contribution in [1.29, 1.82) is 0 Å². The average molecular weight is 606 g/mol. The molecular weight excluding hydrogens is 574 g/mol.